The standard InChI is InChI=1S/C15H17F2N3O.HI/c1-18-15(19-7-6-13-3-2-8-21-13)20-10-11-9-12(16)4-5-14(11)17;/h2-5,8-9H,6-7,10H2,1H3,(H2,18,19,20);1H. The summed E-state index contributed by atoms with van der Waals surface area (Å²) >= 11 is 0. The second-order valence-electron chi connectivity index (χ2n) is 4.42. The molecule has 2 rings (SSSR count). The van der Waals surface area contributed by atoms with Crippen molar-refractivity contribution < 1.29 is 13.2 Å². The molecule has 22 heavy (non-hydrogen) atoms. The van der Waals surface area contributed by atoms with Crippen LogP contribution in [0.4, 0.5) is 8.78 Å². The van der Waals surface area contributed by atoms with E-state index in [1.807, 2.05) is 12.1 Å². The molecule has 0 aliphatic rings. The van der Waals surface area contributed by atoms with E-state index in [-0.39, 0.29) is 36.1 Å². The van der Waals surface area contributed by atoms with Gasteiger partial charge < -0.3 is 15.1 Å². The fourth-order valence-electron chi connectivity index (χ4n) is 1.84. The molecule has 0 unspecified atom stereocenters. The van der Waals surface area contributed by atoms with Crippen LogP contribution in [0.2, 0.25) is 0 Å². The van der Waals surface area contributed by atoms with E-state index in [1.165, 1.54) is 6.07 Å². The number of halogens is 3. The van der Waals surface area contributed by atoms with Crippen LogP contribution in [0.1, 0.15) is 11.3 Å². The molecule has 0 saturated carbocycles. The molecule has 0 aliphatic carbocycles. The summed E-state index contributed by atoms with van der Waals surface area (Å²) in [5.74, 6) is 0.475. The predicted octanol–water partition coefficient (Wildman–Crippen LogP) is 3.08. The second-order valence-corrected chi connectivity index (χ2v) is 4.42. The third-order valence-corrected chi connectivity index (χ3v) is 2.92. The highest BCUT2D eigenvalue weighted by Gasteiger charge is 2.05. The van der Waals surface area contributed by atoms with Crippen molar-refractivity contribution >= 4 is 29.9 Å². The SMILES string of the molecule is CN=C(NCCc1ccco1)NCc1cc(F)ccc1F.I. The van der Waals surface area contributed by atoms with Gasteiger partial charge in [-0.2, -0.15) is 0 Å². The van der Waals surface area contributed by atoms with Crippen molar-refractivity contribution in [2.75, 3.05) is 13.6 Å². The number of hydrogen-bond acceptors (Lipinski definition) is 2. The normalized spacial score (nSPS) is 11.0. The van der Waals surface area contributed by atoms with Crippen molar-refractivity contribution in [3.05, 3.63) is 59.6 Å². The first-order valence-electron chi connectivity index (χ1n) is 6.60. The lowest BCUT2D eigenvalue weighted by Gasteiger charge is -2.12. The molecule has 0 spiro atoms. The Kier molecular flexibility index (Phi) is 7.86. The molecule has 1 aromatic heterocycles. The van der Waals surface area contributed by atoms with E-state index in [4.69, 9.17) is 4.42 Å². The number of furan rings is 1. The summed E-state index contributed by atoms with van der Waals surface area (Å²) in [6.07, 6.45) is 2.33. The van der Waals surface area contributed by atoms with Crippen molar-refractivity contribution in [3.63, 3.8) is 0 Å². The zero-order valence-electron chi connectivity index (χ0n) is 12.1. The molecule has 0 saturated heterocycles. The highest BCUT2D eigenvalue weighted by atomic mass is 127. The summed E-state index contributed by atoms with van der Waals surface area (Å²) < 4.78 is 31.8. The van der Waals surface area contributed by atoms with E-state index < -0.39 is 11.6 Å². The Balaban J connectivity index is 0.00000242. The largest absolute Gasteiger partial charge is 0.469 e. The Bertz CT molecular complexity index is 603. The van der Waals surface area contributed by atoms with Crippen LogP contribution in [0.25, 0.3) is 0 Å². The van der Waals surface area contributed by atoms with E-state index >= 15 is 0 Å². The highest BCUT2D eigenvalue weighted by molar-refractivity contribution is 14.0. The van der Waals surface area contributed by atoms with Gasteiger partial charge in [-0.05, 0) is 30.3 Å². The smallest absolute Gasteiger partial charge is 0.191 e. The Labute approximate surface area is 145 Å². The summed E-state index contributed by atoms with van der Waals surface area (Å²) in [7, 11) is 1.62. The monoisotopic (exact) mass is 421 g/mol. The molecule has 1 heterocycles. The zero-order chi connectivity index (χ0) is 15.1. The lowest BCUT2D eigenvalue weighted by Crippen LogP contribution is -2.38. The summed E-state index contributed by atoms with van der Waals surface area (Å²) in [5, 5.41) is 6.01. The molecule has 0 radical (unpaired) electrons. The van der Waals surface area contributed by atoms with Gasteiger partial charge in [0, 0.05) is 32.1 Å². The van der Waals surface area contributed by atoms with Crippen molar-refractivity contribution in [1.82, 2.24) is 10.6 Å². The van der Waals surface area contributed by atoms with Crippen LogP contribution < -0.4 is 10.6 Å². The Morgan fingerprint density at radius 3 is 2.73 bits per heavy atom. The van der Waals surface area contributed by atoms with Gasteiger partial charge in [-0.3, -0.25) is 4.99 Å². The molecule has 0 bridgehead atoms. The lowest BCUT2D eigenvalue weighted by atomic mass is 10.2. The fourth-order valence-corrected chi connectivity index (χ4v) is 1.84. The number of guanidine groups is 1. The molecular weight excluding hydrogens is 403 g/mol. The topological polar surface area (TPSA) is 49.6 Å². The minimum Gasteiger partial charge on any atom is -0.469 e. The summed E-state index contributed by atoms with van der Waals surface area (Å²) in [4.78, 5) is 4.02. The van der Waals surface area contributed by atoms with Gasteiger partial charge in [0.25, 0.3) is 0 Å². The van der Waals surface area contributed by atoms with E-state index in [0.29, 0.717) is 18.9 Å². The van der Waals surface area contributed by atoms with Crippen LogP contribution in [0.3, 0.4) is 0 Å². The summed E-state index contributed by atoms with van der Waals surface area (Å²) in [6, 6.07) is 7.09. The maximum absolute atomic E-state index is 13.5. The molecule has 0 fully saturated rings. The van der Waals surface area contributed by atoms with Gasteiger partial charge in [0.05, 0.1) is 6.26 Å². The van der Waals surface area contributed by atoms with Gasteiger partial charge >= 0.3 is 0 Å². The molecule has 4 nitrogen and oxygen atoms in total. The van der Waals surface area contributed by atoms with Crippen LogP contribution in [-0.2, 0) is 13.0 Å². The summed E-state index contributed by atoms with van der Waals surface area (Å²) in [6.45, 7) is 0.781. The highest BCUT2D eigenvalue weighted by Crippen LogP contribution is 2.09. The number of aliphatic imine (C=N–C) groups is 1. The predicted molar refractivity (Wildman–Crippen MR) is 92.4 cm³/mol. The molecule has 1 aromatic carbocycles. The molecule has 0 aliphatic heterocycles. The van der Waals surface area contributed by atoms with E-state index in [9.17, 15) is 8.78 Å². The molecule has 7 heteroatoms. The molecule has 2 N–H and O–H groups in total. The van der Waals surface area contributed by atoms with Crippen molar-refractivity contribution in [2.45, 2.75) is 13.0 Å². The quantitative estimate of drug-likeness (QED) is 0.443. The number of hydrogen-bond donors (Lipinski definition) is 2. The van der Waals surface area contributed by atoms with Gasteiger partial charge in [0.1, 0.15) is 17.4 Å². The number of benzene rings is 1. The number of rotatable bonds is 5. The number of nitrogens with zero attached hydrogens (tertiary/aromatic N) is 1. The van der Waals surface area contributed by atoms with Crippen molar-refractivity contribution in [2.24, 2.45) is 4.99 Å². The third-order valence-electron chi connectivity index (χ3n) is 2.92. The maximum Gasteiger partial charge on any atom is 0.191 e. The minimum atomic E-state index is -0.464. The van der Waals surface area contributed by atoms with Crippen molar-refractivity contribution in [1.29, 1.82) is 0 Å². The first-order chi connectivity index (χ1) is 10.2. The maximum atomic E-state index is 13.5. The Morgan fingerprint density at radius 2 is 2.05 bits per heavy atom. The number of nitrogens with one attached hydrogen (secondary N) is 2. The molecule has 2 aromatic rings. The van der Waals surface area contributed by atoms with Crippen molar-refractivity contribution in [3.8, 4) is 0 Å². The lowest BCUT2D eigenvalue weighted by molar-refractivity contribution is 0.506. The molecular formula is C15H18F2IN3O. The van der Waals surface area contributed by atoms with E-state index in [2.05, 4.69) is 15.6 Å². The van der Waals surface area contributed by atoms with Gasteiger partial charge in [0.2, 0.25) is 0 Å². The average molecular weight is 421 g/mol. The van der Waals surface area contributed by atoms with Gasteiger partial charge in [0.15, 0.2) is 5.96 Å². The van der Waals surface area contributed by atoms with Gasteiger partial charge in [-0.1, -0.05) is 0 Å². The van der Waals surface area contributed by atoms with E-state index in [0.717, 1.165) is 17.9 Å². The van der Waals surface area contributed by atoms with Crippen LogP contribution in [-0.4, -0.2) is 19.6 Å². The van der Waals surface area contributed by atoms with E-state index in [1.54, 1.807) is 13.3 Å². The molecule has 120 valence electrons. The van der Waals surface area contributed by atoms with Crippen LogP contribution in [0, 0.1) is 11.6 Å². The molecule has 0 amide bonds. The average Bonchev–Trinajstić information content (AvgIpc) is 2.99. The van der Waals surface area contributed by atoms with Crippen LogP contribution >= 0.6 is 24.0 Å². The first kappa shape index (κ1) is 18.4. The first-order valence-corrected chi connectivity index (χ1v) is 6.60. The van der Waals surface area contributed by atoms with Crippen LogP contribution in [0.15, 0.2) is 46.0 Å². The second kappa shape index (κ2) is 9.39. The van der Waals surface area contributed by atoms with Gasteiger partial charge in [-0.25, -0.2) is 8.78 Å². The zero-order valence-corrected chi connectivity index (χ0v) is 14.4. The van der Waals surface area contributed by atoms with Crippen LogP contribution in [0.5, 0.6) is 0 Å². The fraction of sp³-hybridized carbons (Fsp3) is 0.267. The Hall–Kier alpha value is -1.64. The van der Waals surface area contributed by atoms with Gasteiger partial charge in [-0.15, -0.1) is 24.0 Å². The molecule has 0 atom stereocenters. The summed E-state index contributed by atoms with van der Waals surface area (Å²) in [5.41, 5.74) is 0.254. The third kappa shape index (κ3) is 5.63. The minimum absolute atomic E-state index is 0. The Morgan fingerprint density at radius 1 is 1.23 bits per heavy atom.